The summed E-state index contributed by atoms with van der Waals surface area (Å²) in [6.07, 6.45) is 9.87. The van der Waals surface area contributed by atoms with Crippen molar-refractivity contribution < 1.29 is 0 Å². The Labute approximate surface area is 154 Å². The fraction of sp³-hybridized carbons (Fsp3) is 0.706. The quantitative estimate of drug-likeness (QED) is 0.619. The number of anilines is 2. The maximum atomic E-state index is 6.21. The molecule has 132 valence electrons. The minimum atomic E-state index is 0.445. The third-order valence-corrected chi connectivity index (χ3v) is 5.36. The number of piperidine rings is 1. The second-order valence-electron chi connectivity index (χ2n) is 6.84. The highest BCUT2D eigenvalue weighted by Gasteiger charge is 2.21. The topological polar surface area (TPSA) is 53.1 Å². The van der Waals surface area contributed by atoms with E-state index in [4.69, 9.17) is 23.8 Å². The van der Waals surface area contributed by atoms with Gasteiger partial charge in [-0.05, 0) is 51.2 Å². The van der Waals surface area contributed by atoms with Crippen molar-refractivity contribution in [3.05, 3.63) is 11.2 Å². The van der Waals surface area contributed by atoms with Crippen LogP contribution in [-0.4, -0.2) is 33.7 Å². The minimum Gasteiger partial charge on any atom is -0.360 e. The summed E-state index contributed by atoms with van der Waals surface area (Å²) in [6, 6.07) is 2.77. The Bertz CT molecular complexity index is 576. The van der Waals surface area contributed by atoms with Gasteiger partial charge in [-0.1, -0.05) is 30.9 Å². The smallest absolute Gasteiger partial charge is 0.232 e. The third-order valence-electron chi connectivity index (χ3n) is 4.94. The zero-order valence-electron chi connectivity index (χ0n) is 14.2. The van der Waals surface area contributed by atoms with Crippen LogP contribution in [0.5, 0.6) is 0 Å². The molecule has 5 nitrogen and oxygen atoms in total. The molecule has 7 heteroatoms. The van der Waals surface area contributed by atoms with Gasteiger partial charge in [0, 0.05) is 24.7 Å². The van der Waals surface area contributed by atoms with Crippen molar-refractivity contribution in [2.45, 2.75) is 70.4 Å². The Morgan fingerprint density at radius 3 is 2.67 bits per heavy atom. The molecule has 0 bridgehead atoms. The molecule has 1 saturated heterocycles. The summed E-state index contributed by atoms with van der Waals surface area (Å²) < 4.78 is 0. The molecule has 0 aromatic carbocycles. The van der Waals surface area contributed by atoms with Crippen molar-refractivity contribution in [2.24, 2.45) is 0 Å². The van der Waals surface area contributed by atoms with Gasteiger partial charge in [-0.3, -0.25) is 0 Å². The SMILES string of the molecule is C[C@H]1CCCCN1c1cc(Cl)nc(NC(=S)NC2CCCCC2)n1. The molecule has 1 atom stereocenters. The maximum Gasteiger partial charge on any atom is 0.232 e. The lowest BCUT2D eigenvalue weighted by Crippen LogP contribution is -2.40. The third kappa shape index (κ3) is 4.70. The highest BCUT2D eigenvalue weighted by molar-refractivity contribution is 7.80. The number of nitrogens with zero attached hydrogens (tertiary/aromatic N) is 3. The zero-order chi connectivity index (χ0) is 16.9. The van der Waals surface area contributed by atoms with Crippen molar-refractivity contribution in [2.75, 3.05) is 16.8 Å². The lowest BCUT2D eigenvalue weighted by molar-refractivity contribution is 0.414. The monoisotopic (exact) mass is 367 g/mol. The molecule has 2 aliphatic rings. The number of hydrogen-bond donors (Lipinski definition) is 2. The van der Waals surface area contributed by atoms with Crippen LogP contribution >= 0.6 is 23.8 Å². The summed E-state index contributed by atoms with van der Waals surface area (Å²) in [5, 5.41) is 7.52. The van der Waals surface area contributed by atoms with Gasteiger partial charge < -0.3 is 15.5 Å². The van der Waals surface area contributed by atoms with Crippen molar-refractivity contribution in [3.63, 3.8) is 0 Å². The molecule has 24 heavy (non-hydrogen) atoms. The van der Waals surface area contributed by atoms with Gasteiger partial charge >= 0.3 is 0 Å². The number of thiocarbonyl (C=S) groups is 1. The lowest BCUT2D eigenvalue weighted by Gasteiger charge is -2.34. The van der Waals surface area contributed by atoms with E-state index in [1.165, 1.54) is 51.4 Å². The summed E-state index contributed by atoms with van der Waals surface area (Å²) in [4.78, 5) is 11.2. The number of nitrogens with one attached hydrogen (secondary N) is 2. The van der Waals surface area contributed by atoms with Crippen LogP contribution in [0, 0.1) is 0 Å². The van der Waals surface area contributed by atoms with Gasteiger partial charge in [0.05, 0.1) is 0 Å². The fourth-order valence-electron chi connectivity index (χ4n) is 3.62. The van der Waals surface area contributed by atoms with Gasteiger partial charge in [0.15, 0.2) is 5.11 Å². The van der Waals surface area contributed by atoms with Crippen molar-refractivity contribution >= 4 is 40.7 Å². The summed E-state index contributed by atoms with van der Waals surface area (Å²) in [6.45, 7) is 3.25. The van der Waals surface area contributed by atoms with Gasteiger partial charge in [-0.15, -0.1) is 0 Å². The van der Waals surface area contributed by atoms with Crippen molar-refractivity contribution in [1.82, 2.24) is 15.3 Å². The van der Waals surface area contributed by atoms with Crippen LogP contribution in [0.2, 0.25) is 5.15 Å². The number of aromatic nitrogens is 2. The van der Waals surface area contributed by atoms with Gasteiger partial charge in [0.1, 0.15) is 11.0 Å². The molecule has 0 spiro atoms. The number of hydrogen-bond acceptors (Lipinski definition) is 4. The van der Waals surface area contributed by atoms with Crippen LogP contribution < -0.4 is 15.5 Å². The van der Waals surface area contributed by atoms with E-state index in [1.54, 1.807) is 0 Å². The van der Waals surface area contributed by atoms with Crippen LogP contribution in [0.1, 0.15) is 58.3 Å². The van der Waals surface area contributed by atoms with Crippen LogP contribution in [0.25, 0.3) is 0 Å². The average Bonchev–Trinajstić information content (AvgIpc) is 2.55. The van der Waals surface area contributed by atoms with E-state index < -0.39 is 0 Å². The van der Waals surface area contributed by atoms with Crippen molar-refractivity contribution in [3.8, 4) is 0 Å². The molecule has 3 rings (SSSR count). The molecule has 0 unspecified atom stereocenters. The highest BCUT2D eigenvalue weighted by atomic mass is 35.5. The standard InChI is InChI=1S/C17H26ClN5S/c1-12-7-5-6-10-23(12)15-11-14(18)20-16(21-15)22-17(24)19-13-8-3-2-4-9-13/h11-13H,2-10H2,1H3,(H2,19,20,21,22,24)/t12-/m0/s1. The predicted octanol–water partition coefficient (Wildman–Crippen LogP) is 4.13. The van der Waals surface area contributed by atoms with E-state index in [9.17, 15) is 0 Å². The van der Waals surface area contributed by atoms with E-state index in [1.807, 2.05) is 6.07 Å². The van der Waals surface area contributed by atoms with E-state index in [0.29, 0.717) is 28.3 Å². The fourth-order valence-corrected chi connectivity index (χ4v) is 4.05. The maximum absolute atomic E-state index is 6.21. The Balaban J connectivity index is 1.65. The van der Waals surface area contributed by atoms with Gasteiger partial charge in [0.2, 0.25) is 5.95 Å². The minimum absolute atomic E-state index is 0.445. The molecular formula is C17H26ClN5S. The van der Waals surface area contributed by atoms with Crippen molar-refractivity contribution in [1.29, 1.82) is 0 Å². The molecular weight excluding hydrogens is 342 g/mol. The lowest BCUT2D eigenvalue weighted by atomic mass is 9.96. The first-order chi connectivity index (χ1) is 11.6. The molecule has 1 aromatic heterocycles. The Morgan fingerprint density at radius 1 is 1.17 bits per heavy atom. The molecule has 0 radical (unpaired) electrons. The molecule has 0 amide bonds. The summed E-state index contributed by atoms with van der Waals surface area (Å²) >= 11 is 11.6. The molecule has 1 saturated carbocycles. The van der Waals surface area contributed by atoms with Gasteiger partial charge in [-0.2, -0.15) is 4.98 Å². The molecule has 1 aliphatic heterocycles. The number of halogens is 1. The van der Waals surface area contributed by atoms with Crippen LogP contribution in [0.3, 0.4) is 0 Å². The first-order valence-electron chi connectivity index (χ1n) is 9.00. The normalized spacial score (nSPS) is 22.2. The summed E-state index contributed by atoms with van der Waals surface area (Å²) in [5.41, 5.74) is 0. The zero-order valence-corrected chi connectivity index (χ0v) is 15.8. The molecule has 1 aliphatic carbocycles. The van der Waals surface area contributed by atoms with E-state index in [0.717, 1.165) is 12.4 Å². The largest absolute Gasteiger partial charge is 0.360 e. The Kier molecular flexibility index (Phi) is 6.11. The van der Waals surface area contributed by atoms with Crippen LogP contribution in [0.15, 0.2) is 6.07 Å². The Morgan fingerprint density at radius 2 is 1.92 bits per heavy atom. The molecule has 2 heterocycles. The van der Waals surface area contributed by atoms with Gasteiger partial charge in [0.25, 0.3) is 0 Å². The Hall–Kier alpha value is -1.14. The second kappa shape index (κ2) is 8.30. The highest BCUT2D eigenvalue weighted by Crippen LogP contribution is 2.25. The first kappa shape index (κ1) is 17.7. The summed E-state index contributed by atoms with van der Waals surface area (Å²) in [7, 11) is 0. The van der Waals surface area contributed by atoms with Crippen LogP contribution in [0.4, 0.5) is 11.8 Å². The predicted molar refractivity (Wildman–Crippen MR) is 104 cm³/mol. The second-order valence-corrected chi connectivity index (χ2v) is 7.64. The number of rotatable bonds is 3. The van der Waals surface area contributed by atoms with E-state index in [2.05, 4.69) is 32.4 Å². The molecule has 2 N–H and O–H groups in total. The molecule has 1 aromatic rings. The van der Waals surface area contributed by atoms with Crippen LogP contribution in [-0.2, 0) is 0 Å². The van der Waals surface area contributed by atoms with E-state index >= 15 is 0 Å². The summed E-state index contributed by atoms with van der Waals surface area (Å²) in [5.74, 6) is 1.36. The van der Waals surface area contributed by atoms with Gasteiger partial charge in [-0.25, -0.2) is 4.98 Å². The average molecular weight is 368 g/mol. The molecule has 2 fully saturated rings. The first-order valence-corrected chi connectivity index (χ1v) is 9.79. The van der Waals surface area contributed by atoms with E-state index in [-0.39, 0.29) is 0 Å².